The number of nitrogens with one attached hydrogen (secondary N) is 1. The van der Waals surface area contributed by atoms with Crippen LogP contribution in [0.1, 0.15) is 23.7 Å². The Morgan fingerprint density at radius 1 is 1.11 bits per heavy atom. The molecule has 0 saturated heterocycles. The van der Waals surface area contributed by atoms with Crippen LogP contribution in [0.3, 0.4) is 0 Å². The molecule has 3 N–H and O–H groups in total. The molecule has 2 aromatic carbocycles. The predicted octanol–water partition coefficient (Wildman–Crippen LogP) is 3.02. The summed E-state index contributed by atoms with van der Waals surface area (Å²) in [5, 5.41) is 21.2. The molecule has 1 atom stereocenters. The van der Waals surface area contributed by atoms with E-state index in [4.69, 9.17) is 19.3 Å². The minimum absolute atomic E-state index is 0.196. The highest BCUT2D eigenvalue weighted by Gasteiger charge is 2.11. The molecule has 0 radical (unpaired) electrons. The average molecular weight is 375 g/mol. The van der Waals surface area contributed by atoms with Gasteiger partial charge in [-0.2, -0.15) is 0 Å². The van der Waals surface area contributed by atoms with E-state index in [1.165, 1.54) is 0 Å². The molecular formula is C20H25NO6. The number of methoxy groups -OCH3 is 2. The Morgan fingerprint density at radius 3 is 2.59 bits per heavy atom. The molecule has 0 aromatic heterocycles. The molecule has 7 heteroatoms. The highest BCUT2D eigenvalue weighted by Crippen LogP contribution is 2.29. The van der Waals surface area contributed by atoms with E-state index in [9.17, 15) is 9.90 Å². The average Bonchev–Trinajstić information content (AvgIpc) is 2.69. The minimum Gasteiger partial charge on any atom is -0.493 e. The zero-order chi connectivity index (χ0) is 19.6. The lowest BCUT2D eigenvalue weighted by molar-refractivity contribution is 0.167. The Labute approximate surface area is 158 Å². The third-order valence-electron chi connectivity index (χ3n) is 4.04. The van der Waals surface area contributed by atoms with Gasteiger partial charge in [0.05, 0.1) is 26.9 Å². The van der Waals surface area contributed by atoms with E-state index >= 15 is 0 Å². The van der Waals surface area contributed by atoms with E-state index in [2.05, 4.69) is 5.32 Å². The van der Waals surface area contributed by atoms with Crippen molar-refractivity contribution in [2.45, 2.75) is 18.9 Å². The highest BCUT2D eigenvalue weighted by molar-refractivity contribution is 5.64. The van der Waals surface area contributed by atoms with Gasteiger partial charge in [0.2, 0.25) is 0 Å². The van der Waals surface area contributed by atoms with Gasteiger partial charge in [0.1, 0.15) is 12.4 Å². The number of aryl methyl sites for hydroxylation is 1. The number of rotatable bonds is 10. The number of hydrogen-bond donors (Lipinski definition) is 3. The Hall–Kier alpha value is -2.93. The van der Waals surface area contributed by atoms with Crippen LogP contribution < -0.4 is 19.5 Å². The van der Waals surface area contributed by atoms with Gasteiger partial charge in [0, 0.05) is 0 Å². The van der Waals surface area contributed by atoms with Gasteiger partial charge < -0.3 is 29.7 Å². The van der Waals surface area contributed by atoms with E-state index in [-0.39, 0.29) is 13.2 Å². The largest absolute Gasteiger partial charge is 0.493 e. The summed E-state index contributed by atoms with van der Waals surface area (Å²) in [5.74, 6) is 1.92. The Kier molecular flexibility index (Phi) is 7.76. The van der Waals surface area contributed by atoms with Crippen molar-refractivity contribution in [2.24, 2.45) is 0 Å². The highest BCUT2D eigenvalue weighted by atomic mass is 16.5. The summed E-state index contributed by atoms with van der Waals surface area (Å²) in [6.45, 7) is 0.416. The fourth-order valence-electron chi connectivity index (χ4n) is 2.64. The minimum atomic E-state index is -1.09. The topological polar surface area (TPSA) is 97.2 Å². The third kappa shape index (κ3) is 6.38. The van der Waals surface area contributed by atoms with Crippen molar-refractivity contribution in [3.63, 3.8) is 0 Å². The van der Waals surface area contributed by atoms with Gasteiger partial charge in [-0.05, 0) is 48.2 Å². The molecule has 1 amide bonds. The Balaban J connectivity index is 1.91. The maximum Gasteiger partial charge on any atom is 0.404 e. The normalized spacial score (nSPS) is 11.5. The summed E-state index contributed by atoms with van der Waals surface area (Å²) in [6, 6.07) is 12.9. The molecule has 7 nitrogen and oxygen atoms in total. The summed E-state index contributed by atoms with van der Waals surface area (Å²) in [5.41, 5.74) is 1.79. The van der Waals surface area contributed by atoms with Gasteiger partial charge in [-0.1, -0.05) is 18.2 Å². The third-order valence-corrected chi connectivity index (χ3v) is 4.04. The first kappa shape index (κ1) is 20.4. The maximum atomic E-state index is 10.5. The fourth-order valence-corrected chi connectivity index (χ4v) is 2.64. The van der Waals surface area contributed by atoms with Crippen molar-refractivity contribution in [2.75, 3.05) is 27.4 Å². The Morgan fingerprint density at radius 2 is 1.89 bits per heavy atom. The van der Waals surface area contributed by atoms with Crippen molar-refractivity contribution < 1.29 is 29.2 Å². The van der Waals surface area contributed by atoms with Gasteiger partial charge >= 0.3 is 6.09 Å². The van der Waals surface area contributed by atoms with Crippen molar-refractivity contribution in [1.29, 1.82) is 0 Å². The van der Waals surface area contributed by atoms with Crippen molar-refractivity contribution >= 4 is 6.09 Å². The lowest BCUT2D eigenvalue weighted by atomic mass is 10.0. The molecule has 0 spiro atoms. The summed E-state index contributed by atoms with van der Waals surface area (Å²) >= 11 is 0. The van der Waals surface area contributed by atoms with Crippen LogP contribution in [0.2, 0.25) is 0 Å². The monoisotopic (exact) mass is 375 g/mol. The number of carbonyl (C=O) groups is 1. The van der Waals surface area contributed by atoms with E-state index in [1.54, 1.807) is 32.4 Å². The molecule has 1 unspecified atom stereocenters. The summed E-state index contributed by atoms with van der Waals surface area (Å²) in [7, 11) is 3.18. The predicted molar refractivity (Wildman–Crippen MR) is 101 cm³/mol. The van der Waals surface area contributed by atoms with Crippen LogP contribution in [0.15, 0.2) is 42.5 Å². The second-order valence-corrected chi connectivity index (χ2v) is 5.90. The standard InChI is InChI=1S/C20H25NO6/c1-25-18-9-7-14(12-19(18)26-2)6-8-17(22)15-4-3-5-16(13-15)27-11-10-21-20(23)24/h3-5,7,9,12-13,17,21-22H,6,8,10-11H2,1-2H3,(H,23,24). The van der Waals surface area contributed by atoms with Gasteiger partial charge in [0.25, 0.3) is 0 Å². The van der Waals surface area contributed by atoms with E-state index in [0.717, 1.165) is 11.1 Å². The van der Waals surface area contributed by atoms with Gasteiger partial charge in [-0.3, -0.25) is 0 Å². The van der Waals surface area contributed by atoms with E-state index in [0.29, 0.717) is 30.1 Å². The molecule has 27 heavy (non-hydrogen) atoms. The molecule has 0 heterocycles. The molecule has 146 valence electrons. The zero-order valence-electron chi connectivity index (χ0n) is 15.5. The van der Waals surface area contributed by atoms with Crippen LogP contribution >= 0.6 is 0 Å². The van der Waals surface area contributed by atoms with Crippen LogP contribution in [0.5, 0.6) is 17.2 Å². The molecule has 0 aliphatic carbocycles. The van der Waals surface area contributed by atoms with Crippen molar-refractivity contribution in [3.8, 4) is 17.2 Å². The first-order valence-corrected chi connectivity index (χ1v) is 8.62. The summed E-state index contributed by atoms with van der Waals surface area (Å²) in [6.07, 6.45) is -0.508. The maximum absolute atomic E-state index is 10.5. The second-order valence-electron chi connectivity index (χ2n) is 5.90. The SMILES string of the molecule is COc1ccc(CCC(O)c2cccc(OCCNC(=O)O)c2)cc1OC. The lowest BCUT2D eigenvalue weighted by Gasteiger charge is -2.14. The van der Waals surface area contributed by atoms with Crippen LogP contribution in [-0.2, 0) is 6.42 Å². The molecule has 2 rings (SSSR count). The smallest absolute Gasteiger partial charge is 0.404 e. The molecule has 0 saturated carbocycles. The van der Waals surface area contributed by atoms with Gasteiger partial charge in [-0.15, -0.1) is 0 Å². The second kappa shape index (κ2) is 10.3. The number of amides is 1. The molecule has 0 aliphatic rings. The van der Waals surface area contributed by atoms with Crippen LogP contribution in [0.25, 0.3) is 0 Å². The summed E-state index contributed by atoms with van der Waals surface area (Å²) in [4.78, 5) is 10.4. The summed E-state index contributed by atoms with van der Waals surface area (Å²) < 4.78 is 16.0. The first-order chi connectivity index (χ1) is 13.0. The number of ether oxygens (including phenoxy) is 3. The first-order valence-electron chi connectivity index (χ1n) is 8.62. The molecule has 0 fully saturated rings. The molecule has 0 bridgehead atoms. The quantitative estimate of drug-likeness (QED) is 0.552. The number of carboxylic acid groups (broad SMARTS) is 1. The van der Waals surface area contributed by atoms with E-state index < -0.39 is 12.2 Å². The van der Waals surface area contributed by atoms with Crippen LogP contribution in [-0.4, -0.2) is 43.7 Å². The Bertz CT molecular complexity index is 749. The van der Waals surface area contributed by atoms with E-state index in [1.807, 2.05) is 24.3 Å². The lowest BCUT2D eigenvalue weighted by Crippen LogP contribution is -2.26. The van der Waals surface area contributed by atoms with Crippen molar-refractivity contribution in [3.05, 3.63) is 53.6 Å². The van der Waals surface area contributed by atoms with Crippen molar-refractivity contribution in [1.82, 2.24) is 5.32 Å². The van der Waals surface area contributed by atoms with Gasteiger partial charge in [-0.25, -0.2) is 4.79 Å². The number of aliphatic hydroxyl groups excluding tert-OH is 1. The number of hydrogen-bond acceptors (Lipinski definition) is 5. The molecule has 0 aliphatic heterocycles. The van der Waals surface area contributed by atoms with Gasteiger partial charge in [0.15, 0.2) is 11.5 Å². The van der Waals surface area contributed by atoms with Crippen LogP contribution in [0, 0.1) is 0 Å². The zero-order valence-corrected chi connectivity index (χ0v) is 15.5. The fraction of sp³-hybridized carbons (Fsp3) is 0.350. The molecule has 2 aromatic rings. The number of benzene rings is 2. The van der Waals surface area contributed by atoms with Crippen LogP contribution in [0.4, 0.5) is 4.79 Å². The molecular weight excluding hydrogens is 350 g/mol. The number of aliphatic hydroxyl groups is 1.